The molecule has 0 unspecified atom stereocenters. The van der Waals surface area contributed by atoms with Crippen molar-refractivity contribution in [2.24, 2.45) is 0 Å². The zero-order chi connectivity index (χ0) is 9.52. The minimum atomic E-state index is 0.878. The first-order valence-electron chi connectivity index (χ1n) is 4.84. The second-order valence-electron chi connectivity index (χ2n) is 3.17. The Balaban J connectivity index is 2.62. The Bertz CT molecular complexity index is 295. The molecule has 0 fully saturated rings. The van der Waals surface area contributed by atoms with Gasteiger partial charge < -0.3 is 0 Å². The molecule has 0 heterocycles. The van der Waals surface area contributed by atoms with Crippen molar-refractivity contribution in [2.45, 2.75) is 33.1 Å². The van der Waals surface area contributed by atoms with Gasteiger partial charge in [0.25, 0.3) is 0 Å². The molecule has 0 atom stereocenters. The summed E-state index contributed by atoms with van der Waals surface area (Å²) < 4.78 is 0. The summed E-state index contributed by atoms with van der Waals surface area (Å²) in [5, 5.41) is 0. The summed E-state index contributed by atoms with van der Waals surface area (Å²) in [5.74, 6) is 5.97. The minimum Gasteiger partial charge on any atom is -0.106 e. The smallest absolute Gasteiger partial charge is 0.0340 e. The number of rotatable bonds is 3. The molecule has 0 aliphatic carbocycles. The molecule has 13 heavy (non-hydrogen) atoms. The Morgan fingerprint density at radius 3 is 2.23 bits per heavy atom. The van der Waals surface area contributed by atoms with Gasteiger partial charge in [0.15, 0.2) is 0 Å². The normalized spacial score (nSPS) is 9.08. The molecule has 0 nitrogen and oxygen atoms in total. The maximum absolute atomic E-state index is 3.07. The van der Waals surface area contributed by atoms with E-state index in [1.165, 1.54) is 24.0 Å². The Morgan fingerprint density at radius 2 is 1.69 bits per heavy atom. The van der Waals surface area contributed by atoms with Gasteiger partial charge >= 0.3 is 0 Å². The Labute approximate surface area is 81.0 Å². The van der Waals surface area contributed by atoms with E-state index >= 15 is 0 Å². The number of hydrogen-bond donors (Lipinski definition) is 0. The van der Waals surface area contributed by atoms with Crippen LogP contribution in [0.15, 0.2) is 24.3 Å². The van der Waals surface area contributed by atoms with E-state index in [2.05, 4.69) is 43.0 Å². The van der Waals surface area contributed by atoms with Gasteiger partial charge in [-0.3, -0.25) is 0 Å². The van der Waals surface area contributed by atoms with Gasteiger partial charge in [0.1, 0.15) is 0 Å². The van der Waals surface area contributed by atoms with Crippen molar-refractivity contribution in [3.63, 3.8) is 0 Å². The summed E-state index contributed by atoms with van der Waals surface area (Å²) in [4.78, 5) is 0. The highest BCUT2D eigenvalue weighted by molar-refractivity contribution is 5.25. The van der Waals surface area contributed by atoms with Crippen LogP contribution >= 0.6 is 0 Å². The molecule has 0 saturated carbocycles. The minimum absolute atomic E-state index is 0.878. The molecule has 0 saturated heterocycles. The molecule has 0 heteroatoms. The number of hydrogen-bond acceptors (Lipinski definition) is 0. The summed E-state index contributed by atoms with van der Waals surface area (Å²) in [6.07, 6.45) is 3.27. The SMILES string of the molecule is CC#CCc1ccc(CCC)cc1. The quantitative estimate of drug-likeness (QED) is 0.614. The summed E-state index contributed by atoms with van der Waals surface area (Å²) in [6.45, 7) is 4.09. The van der Waals surface area contributed by atoms with E-state index in [9.17, 15) is 0 Å². The third-order valence-electron chi connectivity index (χ3n) is 2.03. The van der Waals surface area contributed by atoms with Gasteiger partial charge in [-0.05, 0) is 24.5 Å². The predicted molar refractivity (Wildman–Crippen MR) is 57.6 cm³/mol. The van der Waals surface area contributed by atoms with E-state index in [1.807, 2.05) is 6.92 Å². The molecule has 0 aliphatic rings. The van der Waals surface area contributed by atoms with Crippen molar-refractivity contribution in [2.75, 3.05) is 0 Å². The van der Waals surface area contributed by atoms with Gasteiger partial charge in [-0.1, -0.05) is 43.5 Å². The van der Waals surface area contributed by atoms with Crippen LogP contribution in [0.5, 0.6) is 0 Å². The van der Waals surface area contributed by atoms with Crippen LogP contribution in [-0.2, 0) is 12.8 Å². The van der Waals surface area contributed by atoms with E-state index in [0.717, 1.165) is 6.42 Å². The van der Waals surface area contributed by atoms with E-state index in [1.54, 1.807) is 0 Å². The highest BCUT2D eigenvalue weighted by Crippen LogP contribution is 2.06. The summed E-state index contributed by atoms with van der Waals surface area (Å²) >= 11 is 0. The van der Waals surface area contributed by atoms with Gasteiger partial charge in [0.2, 0.25) is 0 Å². The lowest BCUT2D eigenvalue weighted by atomic mass is 10.1. The average molecular weight is 172 g/mol. The van der Waals surface area contributed by atoms with E-state index in [0.29, 0.717) is 0 Å². The first-order valence-corrected chi connectivity index (χ1v) is 4.84. The molecule has 0 spiro atoms. The molecule has 0 bridgehead atoms. The van der Waals surface area contributed by atoms with E-state index in [4.69, 9.17) is 0 Å². The number of benzene rings is 1. The first-order chi connectivity index (χ1) is 6.36. The second-order valence-corrected chi connectivity index (χ2v) is 3.17. The third-order valence-corrected chi connectivity index (χ3v) is 2.03. The highest BCUT2D eigenvalue weighted by Gasteiger charge is 1.91. The van der Waals surface area contributed by atoms with Crippen molar-refractivity contribution in [1.82, 2.24) is 0 Å². The molecule has 0 aromatic heterocycles. The monoisotopic (exact) mass is 172 g/mol. The standard InChI is InChI=1S/C13H16/c1-3-5-7-13-10-8-12(6-4-2)9-11-13/h8-11H,4,6-7H2,1-2H3. The van der Waals surface area contributed by atoms with Crippen molar-refractivity contribution in [3.8, 4) is 11.8 Å². The fourth-order valence-corrected chi connectivity index (χ4v) is 1.30. The van der Waals surface area contributed by atoms with Crippen LogP contribution in [0.3, 0.4) is 0 Å². The van der Waals surface area contributed by atoms with E-state index < -0.39 is 0 Å². The van der Waals surface area contributed by atoms with Crippen molar-refractivity contribution >= 4 is 0 Å². The van der Waals surface area contributed by atoms with Gasteiger partial charge in [-0.15, -0.1) is 5.92 Å². The van der Waals surface area contributed by atoms with Crippen LogP contribution in [0.4, 0.5) is 0 Å². The highest BCUT2D eigenvalue weighted by atomic mass is 14.0. The Kier molecular flexibility index (Phi) is 4.12. The summed E-state index contributed by atoms with van der Waals surface area (Å²) in [7, 11) is 0. The molecule has 1 aromatic rings. The molecule has 1 aromatic carbocycles. The van der Waals surface area contributed by atoms with Crippen LogP contribution in [-0.4, -0.2) is 0 Å². The second kappa shape index (κ2) is 5.43. The molecule has 0 N–H and O–H groups in total. The van der Waals surface area contributed by atoms with Gasteiger partial charge in [0, 0.05) is 6.42 Å². The average Bonchev–Trinajstić information content (AvgIpc) is 2.17. The molecule has 0 aliphatic heterocycles. The van der Waals surface area contributed by atoms with Crippen LogP contribution in [0.1, 0.15) is 31.4 Å². The molecule has 1 rings (SSSR count). The fraction of sp³-hybridized carbons (Fsp3) is 0.385. The van der Waals surface area contributed by atoms with Crippen molar-refractivity contribution in [1.29, 1.82) is 0 Å². The summed E-state index contributed by atoms with van der Waals surface area (Å²) in [6, 6.07) is 8.76. The lowest BCUT2D eigenvalue weighted by molar-refractivity contribution is 0.921. The van der Waals surface area contributed by atoms with Crippen LogP contribution in [0.2, 0.25) is 0 Å². The molecule has 0 radical (unpaired) electrons. The van der Waals surface area contributed by atoms with E-state index in [-0.39, 0.29) is 0 Å². The van der Waals surface area contributed by atoms with Crippen molar-refractivity contribution < 1.29 is 0 Å². The Hall–Kier alpha value is -1.22. The first kappa shape index (κ1) is 9.86. The Morgan fingerprint density at radius 1 is 1.08 bits per heavy atom. The van der Waals surface area contributed by atoms with Gasteiger partial charge in [-0.2, -0.15) is 0 Å². The van der Waals surface area contributed by atoms with Crippen LogP contribution in [0, 0.1) is 11.8 Å². The maximum Gasteiger partial charge on any atom is 0.0340 e. The fourth-order valence-electron chi connectivity index (χ4n) is 1.30. The van der Waals surface area contributed by atoms with Gasteiger partial charge in [-0.25, -0.2) is 0 Å². The number of aryl methyl sites for hydroxylation is 1. The molecule has 68 valence electrons. The lowest BCUT2D eigenvalue weighted by Crippen LogP contribution is -1.85. The topological polar surface area (TPSA) is 0 Å². The van der Waals surface area contributed by atoms with Gasteiger partial charge in [0.05, 0.1) is 0 Å². The van der Waals surface area contributed by atoms with Crippen LogP contribution < -0.4 is 0 Å². The zero-order valence-corrected chi connectivity index (χ0v) is 8.43. The zero-order valence-electron chi connectivity index (χ0n) is 8.43. The molecule has 0 amide bonds. The lowest BCUT2D eigenvalue weighted by Gasteiger charge is -1.99. The molecular formula is C13H16. The van der Waals surface area contributed by atoms with Crippen LogP contribution in [0.25, 0.3) is 0 Å². The van der Waals surface area contributed by atoms with Crippen molar-refractivity contribution in [3.05, 3.63) is 35.4 Å². The maximum atomic E-state index is 3.07. The largest absolute Gasteiger partial charge is 0.106 e. The third kappa shape index (κ3) is 3.34. The summed E-state index contributed by atoms with van der Waals surface area (Å²) in [5.41, 5.74) is 2.74. The molecular weight excluding hydrogens is 156 g/mol. The predicted octanol–water partition coefficient (Wildman–Crippen LogP) is 3.20.